The first-order valence-corrected chi connectivity index (χ1v) is 12.0. The third kappa shape index (κ3) is 4.30. The molecule has 2 heterocycles. The van der Waals surface area contributed by atoms with E-state index in [9.17, 15) is 27.6 Å². The summed E-state index contributed by atoms with van der Waals surface area (Å²) in [6.07, 6.45) is -0.0393. The number of piperazine rings is 1. The number of imide groups is 1. The van der Waals surface area contributed by atoms with Gasteiger partial charge in [0.25, 0.3) is 11.8 Å². The number of nitrogens with zero attached hydrogens (tertiary/aromatic N) is 3. The highest BCUT2D eigenvalue weighted by molar-refractivity contribution is 7.89. The topological polar surface area (TPSA) is 150 Å². The molecule has 1 fully saturated rings. The van der Waals surface area contributed by atoms with Gasteiger partial charge in [-0.1, -0.05) is 12.1 Å². The van der Waals surface area contributed by atoms with Crippen molar-refractivity contribution in [1.82, 2.24) is 14.6 Å². The second-order valence-electron chi connectivity index (χ2n) is 7.84. The van der Waals surface area contributed by atoms with Crippen LogP contribution in [-0.4, -0.2) is 67.4 Å². The smallest absolute Gasteiger partial charge is 0.266 e. The summed E-state index contributed by atoms with van der Waals surface area (Å²) in [6.45, 7) is 0.624. The van der Waals surface area contributed by atoms with Gasteiger partial charge in [0, 0.05) is 39.0 Å². The summed E-state index contributed by atoms with van der Waals surface area (Å²) < 4.78 is 27.4. The van der Waals surface area contributed by atoms with Gasteiger partial charge in [-0.05, 0) is 36.4 Å². The Morgan fingerprint density at radius 1 is 0.853 bits per heavy atom. The molecule has 11 nitrogen and oxygen atoms in total. The fourth-order valence-electron chi connectivity index (χ4n) is 3.97. The molecule has 0 spiro atoms. The SMILES string of the molecule is NNC(=O)CCC(=O)N1CCN(S(=O)(=O)c2ccc(N3C(=O)c4ccccc4C3=O)cc2)CC1. The lowest BCUT2D eigenvalue weighted by molar-refractivity contribution is -0.134. The maximum atomic E-state index is 13.1. The van der Waals surface area contributed by atoms with Crippen LogP contribution in [0.25, 0.3) is 0 Å². The Hall–Kier alpha value is -3.61. The summed E-state index contributed by atoms with van der Waals surface area (Å²) in [6, 6.07) is 12.1. The molecule has 4 amide bonds. The standard InChI is InChI=1S/C22H23N5O6S/c23-24-19(28)9-10-20(29)25-11-13-26(14-12-25)34(32,33)16-7-5-15(6-8-16)27-21(30)17-3-1-2-4-18(17)22(27)31/h1-8H,9-14,23H2,(H,24,28). The fourth-order valence-corrected chi connectivity index (χ4v) is 5.39. The minimum absolute atomic E-state index is 0.00491. The summed E-state index contributed by atoms with van der Waals surface area (Å²) in [4.78, 5) is 51.3. The van der Waals surface area contributed by atoms with Crippen molar-refractivity contribution in [3.63, 3.8) is 0 Å². The maximum Gasteiger partial charge on any atom is 0.266 e. The zero-order valence-corrected chi connectivity index (χ0v) is 19.0. The third-order valence-corrected chi connectivity index (χ3v) is 7.76. The number of rotatable bonds is 6. The number of amides is 4. The van der Waals surface area contributed by atoms with E-state index in [2.05, 4.69) is 0 Å². The van der Waals surface area contributed by atoms with Gasteiger partial charge >= 0.3 is 0 Å². The lowest BCUT2D eigenvalue weighted by Crippen LogP contribution is -2.50. The van der Waals surface area contributed by atoms with Crippen molar-refractivity contribution in [1.29, 1.82) is 0 Å². The largest absolute Gasteiger partial charge is 0.340 e. The first-order valence-electron chi connectivity index (χ1n) is 10.6. The van der Waals surface area contributed by atoms with Crippen molar-refractivity contribution in [2.45, 2.75) is 17.7 Å². The van der Waals surface area contributed by atoms with E-state index in [-0.39, 0.29) is 55.5 Å². The van der Waals surface area contributed by atoms with E-state index in [0.717, 1.165) is 4.90 Å². The first-order chi connectivity index (χ1) is 16.2. The lowest BCUT2D eigenvalue weighted by atomic mass is 10.1. The van der Waals surface area contributed by atoms with E-state index in [1.165, 1.54) is 33.5 Å². The molecule has 4 rings (SSSR count). The average molecular weight is 486 g/mol. The van der Waals surface area contributed by atoms with Crippen LogP contribution in [0.3, 0.4) is 0 Å². The molecule has 0 bridgehead atoms. The fraction of sp³-hybridized carbons (Fsp3) is 0.273. The highest BCUT2D eigenvalue weighted by Crippen LogP contribution is 2.29. The normalized spacial score (nSPS) is 16.5. The first kappa shape index (κ1) is 23.5. The summed E-state index contributed by atoms with van der Waals surface area (Å²) in [5.74, 6) is 3.40. The van der Waals surface area contributed by atoms with E-state index >= 15 is 0 Å². The Bertz CT molecular complexity index is 1220. The maximum absolute atomic E-state index is 13.1. The monoisotopic (exact) mass is 485 g/mol. The molecule has 0 saturated carbocycles. The third-order valence-electron chi connectivity index (χ3n) is 5.85. The predicted molar refractivity (Wildman–Crippen MR) is 121 cm³/mol. The molecule has 12 heteroatoms. The van der Waals surface area contributed by atoms with Gasteiger partial charge in [0.15, 0.2) is 0 Å². The summed E-state index contributed by atoms with van der Waals surface area (Å²) in [5, 5.41) is 0. The molecule has 2 aliphatic rings. The number of hydrogen-bond acceptors (Lipinski definition) is 7. The summed E-state index contributed by atoms with van der Waals surface area (Å²) in [7, 11) is -3.84. The lowest BCUT2D eigenvalue weighted by Gasteiger charge is -2.34. The second kappa shape index (κ2) is 9.33. The molecule has 0 radical (unpaired) electrons. The van der Waals surface area contributed by atoms with Gasteiger partial charge in [-0.25, -0.2) is 19.2 Å². The predicted octanol–water partition coefficient (Wildman–Crippen LogP) is 0.0902. The van der Waals surface area contributed by atoms with Gasteiger partial charge in [0.2, 0.25) is 21.8 Å². The van der Waals surface area contributed by atoms with Crippen LogP contribution in [0.1, 0.15) is 33.6 Å². The Morgan fingerprint density at radius 3 is 1.94 bits per heavy atom. The van der Waals surface area contributed by atoms with Crippen molar-refractivity contribution in [3.05, 3.63) is 59.7 Å². The molecule has 2 aromatic carbocycles. The van der Waals surface area contributed by atoms with Gasteiger partial charge < -0.3 is 4.90 Å². The molecule has 0 unspecified atom stereocenters. The number of hydrazine groups is 1. The number of sulfonamides is 1. The Labute approximate surface area is 196 Å². The molecule has 34 heavy (non-hydrogen) atoms. The van der Waals surface area contributed by atoms with E-state index < -0.39 is 27.7 Å². The Morgan fingerprint density at radius 2 is 1.41 bits per heavy atom. The highest BCUT2D eigenvalue weighted by atomic mass is 32.2. The molecule has 2 aromatic rings. The van der Waals surface area contributed by atoms with E-state index in [1.807, 2.05) is 5.43 Å². The number of nitrogens with one attached hydrogen (secondary N) is 1. The number of carbonyl (C=O) groups excluding carboxylic acids is 4. The molecule has 3 N–H and O–H groups in total. The molecule has 0 aromatic heterocycles. The zero-order valence-electron chi connectivity index (χ0n) is 18.1. The number of fused-ring (bicyclic) bond motifs is 1. The van der Waals surface area contributed by atoms with Crippen LogP contribution >= 0.6 is 0 Å². The van der Waals surface area contributed by atoms with Crippen molar-refractivity contribution in [2.24, 2.45) is 5.84 Å². The molecule has 1 saturated heterocycles. The van der Waals surface area contributed by atoms with Gasteiger partial charge in [-0.2, -0.15) is 4.31 Å². The van der Waals surface area contributed by atoms with Crippen LogP contribution in [0, 0.1) is 0 Å². The van der Waals surface area contributed by atoms with Crippen LogP contribution in [0.5, 0.6) is 0 Å². The molecular weight excluding hydrogens is 462 g/mol. The van der Waals surface area contributed by atoms with Crippen molar-refractivity contribution < 1.29 is 27.6 Å². The Kier molecular flexibility index (Phi) is 6.46. The molecular formula is C22H23N5O6S. The van der Waals surface area contributed by atoms with Crippen LogP contribution in [0.4, 0.5) is 5.69 Å². The minimum Gasteiger partial charge on any atom is -0.340 e. The van der Waals surface area contributed by atoms with E-state index in [0.29, 0.717) is 11.1 Å². The van der Waals surface area contributed by atoms with Crippen molar-refractivity contribution >= 4 is 39.3 Å². The van der Waals surface area contributed by atoms with Crippen LogP contribution < -0.4 is 16.2 Å². The van der Waals surface area contributed by atoms with Crippen molar-refractivity contribution in [2.75, 3.05) is 31.1 Å². The average Bonchev–Trinajstić information content (AvgIpc) is 3.12. The van der Waals surface area contributed by atoms with Gasteiger partial charge in [-0.15, -0.1) is 0 Å². The van der Waals surface area contributed by atoms with Gasteiger partial charge in [0.05, 0.1) is 21.7 Å². The number of carbonyl (C=O) groups is 4. The summed E-state index contributed by atoms with van der Waals surface area (Å²) >= 11 is 0. The Balaban J connectivity index is 1.42. The molecule has 2 aliphatic heterocycles. The number of nitrogens with two attached hydrogens (primary N) is 1. The summed E-state index contributed by atoms with van der Waals surface area (Å²) in [5.41, 5.74) is 2.85. The number of anilines is 1. The number of benzene rings is 2. The van der Waals surface area contributed by atoms with Crippen LogP contribution in [0.15, 0.2) is 53.4 Å². The zero-order chi connectivity index (χ0) is 24.5. The minimum atomic E-state index is -3.84. The van der Waals surface area contributed by atoms with Crippen LogP contribution in [-0.2, 0) is 19.6 Å². The van der Waals surface area contributed by atoms with Gasteiger partial charge in [0.1, 0.15) is 0 Å². The molecule has 0 atom stereocenters. The highest BCUT2D eigenvalue weighted by Gasteiger charge is 2.36. The number of hydrogen-bond donors (Lipinski definition) is 2. The second-order valence-corrected chi connectivity index (χ2v) is 9.78. The quantitative estimate of drug-likeness (QED) is 0.255. The molecule has 178 valence electrons. The van der Waals surface area contributed by atoms with Crippen LogP contribution in [0.2, 0.25) is 0 Å². The van der Waals surface area contributed by atoms with Crippen molar-refractivity contribution in [3.8, 4) is 0 Å². The van der Waals surface area contributed by atoms with E-state index in [4.69, 9.17) is 5.84 Å². The van der Waals surface area contributed by atoms with E-state index in [1.54, 1.807) is 24.3 Å². The van der Waals surface area contributed by atoms with Gasteiger partial charge in [-0.3, -0.25) is 24.6 Å². The molecule has 0 aliphatic carbocycles.